The number of hydrogen-bond donors (Lipinski definition) is 1. The van der Waals surface area contributed by atoms with Crippen molar-refractivity contribution in [1.29, 1.82) is 0 Å². The van der Waals surface area contributed by atoms with Crippen molar-refractivity contribution in [2.24, 2.45) is 11.8 Å². The van der Waals surface area contributed by atoms with Crippen LogP contribution >= 0.6 is 0 Å². The summed E-state index contributed by atoms with van der Waals surface area (Å²) in [6.07, 6.45) is 5.45. The molecule has 0 spiro atoms. The van der Waals surface area contributed by atoms with E-state index in [-0.39, 0.29) is 0 Å². The summed E-state index contributed by atoms with van der Waals surface area (Å²) in [6, 6.07) is 5.88. The van der Waals surface area contributed by atoms with E-state index in [2.05, 4.69) is 15.2 Å². The average Bonchev–Trinajstić information content (AvgIpc) is 2.84. The second-order valence-electron chi connectivity index (χ2n) is 5.96. The summed E-state index contributed by atoms with van der Waals surface area (Å²) in [5.41, 5.74) is 1.01. The monoisotopic (exact) mass is 273 g/mol. The van der Waals surface area contributed by atoms with Crippen molar-refractivity contribution in [3.63, 3.8) is 0 Å². The molecule has 4 nitrogen and oxygen atoms in total. The molecule has 3 heterocycles. The van der Waals surface area contributed by atoms with Crippen LogP contribution in [0.15, 0.2) is 24.4 Å². The molecule has 1 N–H and O–H groups in total. The zero-order valence-electron chi connectivity index (χ0n) is 11.9. The van der Waals surface area contributed by atoms with Crippen molar-refractivity contribution in [2.75, 3.05) is 26.2 Å². The third-order valence-electron chi connectivity index (χ3n) is 4.69. The second kappa shape index (κ2) is 6.35. The predicted octanol–water partition coefficient (Wildman–Crippen LogP) is 1.47. The van der Waals surface area contributed by atoms with Crippen LogP contribution < -0.4 is 5.32 Å². The Hall–Kier alpha value is -1.42. The number of pyridine rings is 1. The molecule has 2 saturated heterocycles. The molecule has 1 aromatic rings. The summed E-state index contributed by atoms with van der Waals surface area (Å²) in [4.78, 5) is 18.7. The highest BCUT2D eigenvalue weighted by molar-refractivity contribution is 5.76. The van der Waals surface area contributed by atoms with E-state index < -0.39 is 0 Å². The molecule has 0 unspecified atom stereocenters. The molecule has 4 heteroatoms. The van der Waals surface area contributed by atoms with Crippen molar-refractivity contribution >= 4 is 5.91 Å². The van der Waals surface area contributed by atoms with Crippen molar-refractivity contribution in [3.8, 4) is 0 Å². The lowest BCUT2D eigenvalue weighted by Crippen LogP contribution is -2.32. The van der Waals surface area contributed by atoms with E-state index in [1.165, 1.54) is 0 Å². The van der Waals surface area contributed by atoms with Crippen molar-refractivity contribution in [3.05, 3.63) is 30.1 Å². The van der Waals surface area contributed by atoms with Gasteiger partial charge in [-0.3, -0.25) is 9.78 Å². The third-order valence-corrected chi connectivity index (χ3v) is 4.69. The van der Waals surface area contributed by atoms with Gasteiger partial charge in [0.1, 0.15) is 0 Å². The molecule has 1 aromatic heterocycles. The molecule has 1 amide bonds. The van der Waals surface area contributed by atoms with Gasteiger partial charge in [0.25, 0.3) is 0 Å². The van der Waals surface area contributed by atoms with Crippen molar-refractivity contribution in [1.82, 2.24) is 15.2 Å². The maximum atomic E-state index is 12.3. The first-order chi connectivity index (χ1) is 9.83. The number of rotatable bonds is 3. The van der Waals surface area contributed by atoms with Crippen LogP contribution in [0, 0.1) is 11.8 Å². The normalized spacial score (nSPS) is 26.1. The fourth-order valence-electron chi connectivity index (χ4n) is 3.41. The number of fused-ring (bicyclic) bond motifs is 1. The number of hydrogen-bond acceptors (Lipinski definition) is 3. The minimum Gasteiger partial charge on any atom is -0.343 e. The summed E-state index contributed by atoms with van der Waals surface area (Å²) in [5, 5.41) is 3.47. The van der Waals surface area contributed by atoms with E-state index >= 15 is 0 Å². The summed E-state index contributed by atoms with van der Waals surface area (Å²) < 4.78 is 0. The van der Waals surface area contributed by atoms with Crippen LogP contribution in [-0.2, 0) is 11.2 Å². The van der Waals surface area contributed by atoms with Crippen LogP contribution in [0.25, 0.3) is 0 Å². The fraction of sp³-hybridized carbons (Fsp3) is 0.625. The van der Waals surface area contributed by atoms with E-state index in [0.717, 1.165) is 63.0 Å². The summed E-state index contributed by atoms with van der Waals surface area (Å²) in [6.45, 7) is 4.15. The van der Waals surface area contributed by atoms with Gasteiger partial charge >= 0.3 is 0 Å². The Morgan fingerprint density at radius 2 is 2.00 bits per heavy atom. The molecule has 2 aliphatic rings. The molecule has 0 aliphatic carbocycles. The summed E-state index contributed by atoms with van der Waals surface area (Å²) >= 11 is 0. The Morgan fingerprint density at radius 3 is 2.65 bits per heavy atom. The van der Waals surface area contributed by atoms with Gasteiger partial charge in [-0.15, -0.1) is 0 Å². The first-order valence-electron chi connectivity index (χ1n) is 7.71. The predicted molar refractivity (Wildman–Crippen MR) is 78.2 cm³/mol. The molecule has 108 valence electrons. The largest absolute Gasteiger partial charge is 0.343 e. The van der Waals surface area contributed by atoms with Gasteiger partial charge in [-0.1, -0.05) is 6.07 Å². The van der Waals surface area contributed by atoms with Crippen LogP contribution in [0.1, 0.15) is 25.0 Å². The number of aryl methyl sites for hydroxylation is 1. The van der Waals surface area contributed by atoms with Gasteiger partial charge in [0.15, 0.2) is 0 Å². The zero-order chi connectivity index (χ0) is 13.8. The second-order valence-corrected chi connectivity index (χ2v) is 5.96. The number of aromatic nitrogens is 1. The van der Waals surface area contributed by atoms with Gasteiger partial charge < -0.3 is 10.2 Å². The number of carbonyl (C=O) groups excluding carboxylic acids is 1. The molecular weight excluding hydrogens is 250 g/mol. The van der Waals surface area contributed by atoms with Crippen LogP contribution in [0.2, 0.25) is 0 Å². The summed E-state index contributed by atoms with van der Waals surface area (Å²) in [5.74, 6) is 1.86. The molecule has 2 aliphatic heterocycles. The molecule has 2 atom stereocenters. The number of likely N-dealkylation sites (tertiary alicyclic amines) is 1. The topological polar surface area (TPSA) is 45.2 Å². The van der Waals surface area contributed by atoms with Gasteiger partial charge in [0.05, 0.1) is 0 Å². The number of nitrogens with one attached hydrogen (secondary N) is 1. The lowest BCUT2D eigenvalue weighted by Gasteiger charge is -2.20. The van der Waals surface area contributed by atoms with E-state index in [0.29, 0.717) is 12.3 Å². The first kappa shape index (κ1) is 13.6. The Bertz CT molecular complexity index is 434. The zero-order valence-corrected chi connectivity index (χ0v) is 11.9. The van der Waals surface area contributed by atoms with Crippen LogP contribution in [-0.4, -0.2) is 42.0 Å². The Labute approximate surface area is 120 Å². The maximum absolute atomic E-state index is 12.3. The number of carbonyl (C=O) groups is 1. The highest BCUT2D eigenvalue weighted by Crippen LogP contribution is 2.27. The average molecular weight is 273 g/mol. The Kier molecular flexibility index (Phi) is 4.31. The SMILES string of the molecule is O=C(CCc1ccccn1)N1CC[C@@H]2CNC[C@@H]2CC1. The first-order valence-corrected chi connectivity index (χ1v) is 7.71. The highest BCUT2D eigenvalue weighted by Gasteiger charge is 2.31. The molecule has 3 rings (SSSR count). The number of nitrogens with zero attached hydrogens (tertiary/aromatic N) is 2. The fourth-order valence-corrected chi connectivity index (χ4v) is 3.41. The van der Waals surface area contributed by atoms with Gasteiger partial charge in [-0.25, -0.2) is 0 Å². The van der Waals surface area contributed by atoms with Crippen LogP contribution in [0.4, 0.5) is 0 Å². The Morgan fingerprint density at radius 1 is 1.25 bits per heavy atom. The van der Waals surface area contributed by atoms with Gasteiger partial charge in [-0.05, 0) is 56.3 Å². The van der Waals surface area contributed by atoms with E-state index in [1.54, 1.807) is 6.20 Å². The van der Waals surface area contributed by atoms with Crippen molar-refractivity contribution < 1.29 is 4.79 Å². The number of amides is 1. The minimum atomic E-state index is 0.295. The molecule has 0 aromatic carbocycles. The van der Waals surface area contributed by atoms with Crippen molar-refractivity contribution in [2.45, 2.75) is 25.7 Å². The van der Waals surface area contributed by atoms with Gasteiger partial charge in [-0.2, -0.15) is 0 Å². The van der Waals surface area contributed by atoms with Crippen LogP contribution in [0.5, 0.6) is 0 Å². The highest BCUT2D eigenvalue weighted by atomic mass is 16.2. The molecular formula is C16H23N3O. The van der Waals surface area contributed by atoms with E-state index in [4.69, 9.17) is 0 Å². The molecule has 2 fully saturated rings. The molecule has 0 bridgehead atoms. The van der Waals surface area contributed by atoms with E-state index in [9.17, 15) is 4.79 Å². The quantitative estimate of drug-likeness (QED) is 0.907. The van der Waals surface area contributed by atoms with Gasteiger partial charge in [0.2, 0.25) is 5.91 Å². The minimum absolute atomic E-state index is 0.295. The summed E-state index contributed by atoms with van der Waals surface area (Å²) in [7, 11) is 0. The maximum Gasteiger partial charge on any atom is 0.222 e. The van der Waals surface area contributed by atoms with Crippen LogP contribution in [0.3, 0.4) is 0 Å². The Balaban J connectivity index is 1.50. The smallest absolute Gasteiger partial charge is 0.222 e. The molecule has 0 saturated carbocycles. The standard InChI is InChI=1S/C16H23N3O/c20-16(5-4-15-3-1-2-8-18-15)19-9-6-13-11-17-12-14(13)7-10-19/h1-3,8,13-14,17H,4-7,9-12H2/t13-,14+. The lowest BCUT2D eigenvalue weighted by atomic mass is 9.92. The molecule has 0 radical (unpaired) electrons. The molecule has 20 heavy (non-hydrogen) atoms. The van der Waals surface area contributed by atoms with Gasteiger partial charge in [0, 0.05) is 31.4 Å². The van der Waals surface area contributed by atoms with E-state index in [1.807, 2.05) is 18.2 Å². The third kappa shape index (κ3) is 3.18. The lowest BCUT2D eigenvalue weighted by molar-refractivity contribution is -0.131.